The van der Waals surface area contributed by atoms with Gasteiger partial charge in [0.2, 0.25) is 10.0 Å². The number of anilines is 1. The highest BCUT2D eigenvalue weighted by atomic mass is 35.5. The Labute approximate surface area is 139 Å². The Kier molecular flexibility index (Phi) is 4.45. The van der Waals surface area contributed by atoms with Gasteiger partial charge in [0.15, 0.2) is 0 Å². The van der Waals surface area contributed by atoms with Crippen LogP contribution in [-0.2, 0) is 10.0 Å². The molecule has 2 N–H and O–H groups in total. The lowest BCUT2D eigenvalue weighted by Crippen LogP contribution is -2.32. The summed E-state index contributed by atoms with van der Waals surface area (Å²) in [7, 11) is -3.62. The summed E-state index contributed by atoms with van der Waals surface area (Å²) in [6.45, 7) is 1.91. The van der Waals surface area contributed by atoms with Crippen molar-refractivity contribution in [2.75, 3.05) is 18.0 Å². The van der Waals surface area contributed by atoms with Crippen molar-refractivity contribution in [3.05, 3.63) is 45.6 Å². The van der Waals surface area contributed by atoms with E-state index in [2.05, 4.69) is 11.0 Å². The van der Waals surface area contributed by atoms with E-state index in [9.17, 15) is 8.42 Å². The number of halogens is 1. The van der Waals surface area contributed by atoms with Crippen molar-refractivity contribution in [3.63, 3.8) is 0 Å². The molecule has 4 nitrogen and oxygen atoms in total. The second-order valence-corrected chi connectivity index (χ2v) is 8.75. The lowest BCUT2D eigenvalue weighted by atomic mass is 9.95. The summed E-state index contributed by atoms with van der Waals surface area (Å²) < 4.78 is 23.4. The smallest absolute Gasteiger partial charge is 0.238 e. The average molecular weight is 357 g/mol. The van der Waals surface area contributed by atoms with Crippen LogP contribution in [0.1, 0.15) is 23.6 Å². The number of nitrogens with two attached hydrogens (primary N) is 1. The Morgan fingerprint density at radius 1 is 1.09 bits per heavy atom. The summed E-state index contributed by atoms with van der Waals surface area (Å²) in [6, 6.07) is 10.9. The number of rotatable bonds is 3. The van der Waals surface area contributed by atoms with Gasteiger partial charge in [-0.3, -0.25) is 0 Å². The van der Waals surface area contributed by atoms with Gasteiger partial charge in [0.1, 0.15) is 0 Å². The van der Waals surface area contributed by atoms with Crippen LogP contribution in [0.5, 0.6) is 0 Å². The van der Waals surface area contributed by atoms with E-state index in [0.717, 1.165) is 36.0 Å². The molecule has 0 spiro atoms. The number of nitrogens with zero attached hydrogens (tertiary/aromatic N) is 1. The second kappa shape index (κ2) is 6.20. The Hall–Kier alpha value is -1.08. The highest BCUT2D eigenvalue weighted by Crippen LogP contribution is 2.35. The highest BCUT2D eigenvalue weighted by molar-refractivity contribution is 7.89. The minimum Gasteiger partial charge on any atom is -0.371 e. The topological polar surface area (TPSA) is 63.4 Å². The van der Waals surface area contributed by atoms with Gasteiger partial charge in [-0.15, -0.1) is 11.3 Å². The molecule has 1 fully saturated rings. The van der Waals surface area contributed by atoms with Gasteiger partial charge in [-0.25, -0.2) is 13.6 Å². The molecule has 2 aromatic rings. The van der Waals surface area contributed by atoms with Crippen molar-refractivity contribution in [2.45, 2.75) is 23.7 Å². The first-order chi connectivity index (χ1) is 10.4. The van der Waals surface area contributed by atoms with Crippen LogP contribution in [0.15, 0.2) is 41.3 Å². The molecule has 1 aliphatic rings. The van der Waals surface area contributed by atoms with E-state index in [1.54, 1.807) is 23.5 Å². The summed E-state index contributed by atoms with van der Waals surface area (Å²) in [5.74, 6) is 0.567. The summed E-state index contributed by atoms with van der Waals surface area (Å²) >= 11 is 7.67. The highest BCUT2D eigenvalue weighted by Gasteiger charge is 2.22. The SMILES string of the molecule is NS(=O)(=O)c1ccc(N2CCC(c3ccc(Cl)s3)CC2)cc1. The number of piperidine rings is 1. The number of thiophene rings is 1. The summed E-state index contributed by atoms with van der Waals surface area (Å²) in [5, 5.41) is 5.12. The minimum absolute atomic E-state index is 0.152. The maximum absolute atomic E-state index is 11.3. The molecule has 0 aliphatic carbocycles. The van der Waals surface area contributed by atoms with Crippen LogP contribution in [0, 0.1) is 0 Å². The van der Waals surface area contributed by atoms with Gasteiger partial charge in [-0.2, -0.15) is 0 Å². The van der Waals surface area contributed by atoms with Gasteiger partial charge in [0.25, 0.3) is 0 Å². The third-order valence-corrected chi connectivity index (χ3v) is 6.34. The summed E-state index contributed by atoms with van der Waals surface area (Å²) in [6.07, 6.45) is 2.15. The molecule has 0 unspecified atom stereocenters. The third kappa shape index (κ3) is 3.46. The molecule has 7 heteroatoms. The number of primary sulfonamides is 1. The molecule has 118 valence electrons. The van der Waals surface area contributed by atoms with Gasteiger partial charge in [0.05, 0.1) is 9.23 Å². The van der Waals surface area contributed by atoms with E-state index in [0.29, 0.717) is 5.92 Å². The molecule has 1 aromatic carbocycles. The van der Waals surface area contributed by atoms with Crippen LogP contribution >= 0.6 is 22.9 Å². The number of hydrogen-bond acceptors (Lipinski definition) is 4. The Morgan fingerprint density at radius 2 is 1.73 bits per heavy atom. The first-order valence-electron chi connectivity index (χ1n) is 7.06. The van der Waals surface area contributed by atoms with E-state index in [1.807, 2.05) is 18.2 Å². The molecule has 1 aliphatic heterocycles. The quantitative estimate of drug-likeness (QED) is 0.916. The van der Waals surface area contributed by atoms with Crippen molar-refractivity contribution >= 4 is 38.6 Å². The lowest BCUT2D eigenvalue weighted by molar-refractivity contribution is 0.511. The van der Waals surface area contributed by atoms with Crippen molar-refractivity contribution in [2.24, 2.45) is 5.14 Å². The summed E-state index contributed by atoms with van der Waals surface area (Å²) in [4.78, 5) is 3.78. The Morgan fingerprint density at radius 3 is 2.23 bits per heavy atom. The van der Waals surface area contributed by atoms with Crippen molar-refractivity contribution in [1.29, 1.82) is 0 Å². The van der Waals surface area contributed by atoms with E-state index in [-0.39, 0.29) is 4.90 Å². The molecule has 3 rings (SSSR count). The third-order valence-electron chi connectivity index (χ3n) is 4.02. The van der Waals surface area contributed by atoms with Gasteiger partial charge in [-0.1, -0.05) is 11.6 Å². The van der Waals surface area contributed by atoms with Crippen molar-refractivity contribution in [1.82, 2.24) is 0 Å². The van der Waals surface area contributed by atoms with Crippen LogP contribution in [0.2, 0.25) is 4.34 Å². The number of benzene rings is 1. The standard InChI is InChI=1S/C15H17ClN2O2S2/c16-15-6-5-14(21-15)11-7-9-18(10-8-11)12-1-3-13(4-2-12)22(17,19)20/h1-6,11H,7-10H2,(H2,17,19,20). The molecule has 1 aromatic heterocycles. The van der Waals surface area contributed by atoms with Crippen molar-refractivity contribution in [3.8, 4) is 0 Å². The van der Waals surface area contributed by atoms with Crippen molar-refractivity contribution < 1.29 is 8.42 Å². The zero-order chi connectivity index (χ0) is 15.7. The summed E-state index contributed by atoms with van der Waals surface area (Å²) in [5.41, 5.74) is 1.04. The van der Waals surface area contributed by atoms with E-state index < -0.39 is 10.0 Å². The molecule has 0 atom stereocenters. The number of sulfonamides is 1. The first-order valence-corrected chi connectivity index (χ1v) is 9.80. The molecule has 0 radical (unpaired) electrons. The van der Waals surface area contributed by atoms with E-state index in [1.165, 1.54) is 4.88 Å². The van der Waals surface area contributed by atoms with Crippen LogP contribution in [0.4, 0.5) is 5.69 Å². The normalized spacial score (nSPS) is 16.9. The fourth-order valence-corrected chi connectivity index (χ4v) is 4.56. The van der Waals surface area contributed by atoms with Crippen LogP contribution in [-0.4, -0.2) is 21.5 Å². The Bertz CT molecular complexity index is 748. The molecular formula is C15H17ClN2O2S2. The monoisotopic (exact) mass is 356 g/mol. The predicted octanol–water partition coefficient (Wildman–Crippen LogP) is 3.43. The largest absolute Gasteiger partial charge is 0.371 e. The molecular weight excluding hydrogens is 340 g/mol. The maximum atomic E-state index is 11.3. The van der Waals surface area contributed by atoms with Gasteiger partial charge in [0, 0.05) is 23.7 Å². The fourth-order valence-electron chi connectivity index (χ4n) is 2.82. The van der Waals surface area contributed by atoms with Gasteiger partial charge >= 0.3 is 0 Å². The Balaban J connectivity index is 1.66. The van der Waals surface area contributed by atoms with E-state index >= 15 is 0 Å². The van der Waals surface area contributed by atoms with Crippen LogP contribution < -0.4 is 10.0 Å². The lowest BCUT2D eigenvalue weighted by Gasteiger charge is -2.33. The maximum Gasteiger partial charge on any atom is 0.238 e. The molecule has 0 bridgehead atoms. The predicted molar refractivity (Wildman–Crippen MR) is 91.3 cm³/mol. The van der Waals surface area contributed by atoms with Gasteiger partial charge < -0.3 is 4.90 Å². The molecule has 1 saturated heterocycles. The molecule has 0 saturated carbocycles. The molecule has 0 amide bonds. The minimum atomic E-state index is -3.62. The fraction of sp³-hybridized carbons (Fsp3) is 0.333. The van der Waals surface area contributed by atoms with E-state index in [4.69, 9.17) is 16.7 Å². The zero-order valence-electron chi connectivity index (χ0n) is 11.9. The van der Waals surface area contributed by atoms with Crippen LogP contribution in [0.25, 0.3) is 0 Å². The average Bonchev–Trinajstić information content (AvgIpc) is 2.93. The molecule has 22 heavy (non-hydrogen) atoms. The second-order valence-electron chi connectivity index (χ2n) is 5.44. The number of hydrogen-bond donors (Lipinski definition) is 1. The van der Waals surface area contributed by atoms with Crippen LogP contribution in [0.3, 0.4) is 0 Å². The van der Waals surface area contributed by atoms with Gasteiger partial charge in [-0.05, 0) is 55.2 Å². The molecule has 2 heterocycles. The zero-order valence-corrected chi connectivity index (χ0v) is 14.3. The first kappa shape index (κ1) is 15.8.